The number of benzene rings is 1. The van der Waals surface area contributed by atoms with Crippen molar-refractivity contribution in [1.29, 1.82) is 0 Å². The fourth-order valence-electron chi connectivity index (χ4n) is 2.97. The highest BCUT2D eigenvalue weighted by atomic mass is 16.6. The normalized spacial score (nSPS) is 13.9. The van der Waals surface area contributed by atoms with E-state index in [9.17, 15) is 14.4 Å². The summed E-state index contributed by atoms with van der Waals surface area (Å²) in [5.74, 6) is -1.39. The van der Waals surface area contributed by atoms with Gasteiger partial charge in [0.2, 0.25) is 0 Å². The van der Waals surface area contributed by atoms with Crippen molar-refractivity contribution in [2.75, 3.05) is 19.1 Å². The molecule has 9 nitrogen and oxygen atoms in total. The number of aromatic nitrogens is 2. The Morgan fingerprint density at radius 1 is 1.00 bits per heavy atom. The average molecular weight is 425 g/mol. The average Bonchev–Trinajstić information content (AvgIpc) is 3.02. The van der Waals surface area contributed by atoms with Crippen molar-refractivity contribution in [2.45, 2.75) is 26.4 Å². The van der Waals surface area contributed by atoms with Gasteiger partial charge in [-0.25, -0.2) is 23.9 Å². The predicted octanol–water partition coefficient (Wildman–Crippen LogP) is 3.31. The number of imidazole rings is 1. The first-order valence-corrected chi connectivity index (χ1v) is 9.41. The number of hydrogen-bond donors (Lipinski definition) is 0. The lowest BCUT2D eigenvalue weighted by atomic mass is 10.1. The van der Waals surface area contributed by atoms with E-state index in [1.165, 1.54) is 36.1 Å². The minimum absolute atomic E-state index is 0.00900. The Kier molecular flexibility index (Phi) is 5.96. The Balaban J connectivity index is 2.08. The highest BCUT2D eigenvalue weighted by Crippen LogP contribution is 2.29. The summed E-state index contributed by atoms with van der Waals surface area (Å²) in [7, 11) is 2.46. The number of ether oxygens (including phenoxy) is 3. The predicted molar refractivity (Wildman–Crippen MR) is 113 cm³/mol. The van der Waals surface area contributed by atoms with E-state index in [1.807, 2.05) is 0 Å². The second kappa shape index (κ2) is 8.47. The summed E-state index contributed by atoms with van der Waals surface area (Å²) >= 11 is 0. The lowest BCUT2D eigenvalue weighted by Gasteiger charge is -2.23. The molecule has 1 aliphatic rings. The fraction of sp³-hybridized carbons (Fsp3) is 0.273. The molecular weight excluding hydrogens is 402 g/mol. The number of hydrogen-bond acceptors (Lipinski definition) is 8. The zero-order chi connectivity index (χ0) is 22.8. The molecule has 0 saturated heterocycles. The summed E-state index contributed by atoms with van der Waals surface area (Å²) in [6, 6.07) is 5.06. The molecule has 0 N–H and O–H groups in total. The van der Waals surface area contributed by atoms with Crippen molar-refractivity contribution < 1.29 is 28.6 Å². The highest BCUT2D eigenvalue weighted by Gasteiger charge is 2.28. The monoisotopic (exact) mass is 425 g/mol. The zero-order valence-corrected chi connectivity index (χ0v) is 17.9. The fourth-order valence-corrected chi connectivity index (χ4v) is 2.97. The number of esters is 2. The third kappa shape index (κ3) is 4.50. The number of rotatable bonds is 3. The molecule has 2 aromatic rings. The Labute approximate surface area is 179 Å². The van der Waals surface area contributed by atoms with Crippen LogP contribution in [0.5, 0.6) is 0 Å². The Morgan fingerprint density at radius 2 is 1.71 bits per heavy atom. The zero-order valence-electron chi connectivity index (χ0n) is 17.9. The second-order valence-electron chi connectivity index (χ2n) is 7.58. The molecule has 0 radical (unpaired) electrons. The van der Waals surface area contributed by atoms with Crippen LogP contribution in [-0.2, 0) is 23.8 Å². The third-order valence-corrected chi connectivity index (χ3v) is 4.29. The number of carbonyl (C=O) groups excluding carboxylic acids is 3. The molecule has 2 heterocycles. The summed E-state index contributed by atoms with van der Waals surface area (Å²) < 4.78 is 16.4. The minimum Gasteiger partial charge on any atom is -0.465 e. The molecule has 1 aromatic heterocycles. The van der Waals surface area contributed by atoms with Crippen LogP contribution in [0.1, 0.15) is 20.8 Å². The summed E-state index contributed by atoms with van der Waals surface area (Å²) in [4.78, 5) is 43.1. The number of nitrogens with zero attached hydrogens (tertiary/aromatic N) is 3. The van der Waals surface area contributed by atoms with Crippen molar-refractivity contribution in [3.8, 4) is 0 Å². The lowest BCUT2D eigenvalue weighted by molar-refractivity contribution is -0.139. The Morgan fingerprint density at radius 3 is 2.35 bits per heavy atom. The van der Waals surface area contributed by atoms with Gasteiger partial charge >= 0.3 is 18.0 Å². The van der Waals surface area contributed by atoms with Gasteiger partial charge in [0.25, 0.3) is 0 Å². The van der Waals surface area contributed by atoms with Gasteiger partial charge in [-0.15, -0.1) is 0 Å². The highest BCUT2D eigenvalue weighted by molar-refractivity contribution is 6.05. The van der Waals surface area contributed by atoms with E-state index in [-0.39, 0.29) is 11.3 Å². The topological polar surface area (TPSA) is 100.0 Å². The van der Waals surface area contributed by atoms with Crippen LogP contribution in [0.3, 0.4) is 0 Å². The van der Waals surface area contributed by atoms with Crippen molar-refractivity contribution in [1.82, 2.24) is 9.55 Å². The molecule has 162 valence electrons. The van der Waals surface area contributed by atoms with Gasteiger partial charge < -0.3 is 19.1 Å². The molecule has 9 heteroatoms. The number of fused-ring (bicyclic) bond motifs is 1. The van der Waals surface area contributed by atoms with Gasteiger partial charge in [-0.2, -0.15) is 0 Å². The van der Waals surface area contributed by atoms with Gasteiger partial charge in [-0.3, -0.25) is 0 Å². The molecule has 1 aromatic carbocycles. The van der Waals surface area contributed by atoms with Crippen molar-refractivity contribution in [3.63, 3.8) is 0 Å². The molecule has 1 aliphatic heterocycles. The number of anilines is 1. The molecule has 0 saturated carbocycles. The van der Waals surface area contributed by atoms with Crippen LogP contribution >= 0.6 is 0 Å². The SMILES string of the molecule is COC(=O)C1=C(C(=O)OC)N(c2ccc3c(c2)ncn3C(=O)OC(C)(C)C)C=CC=C1. The van der Waals surface area contributed by atoms with E-state index < -0.39 is 23.6 Å². The molecule has 31 heavy (non-hydrogen) atoms. The van der Waals surface area contributed by atoms with Crippen LogP contribution in [0, 0.1) is 0 Å². The maximum Gasteiger partial charge on any atom is 0.420 e. The standard InChI is InChI=1S/C22H23N3O6/c1-22(2,3)31-21(28)25-13-23-16-12-14(9-10-17(16)25)24-11-7-6-8-15(19(26)29-4)18(24)20(27)30-5/h6-13H,1-5H3. The quantitative estimate of drug-likeness (QED) is 0.545. The van der Waals surface area contributed by atoms with Crippen LogP contribution in [0.25, 0.3) is 11.0 Å². The van der Waals surface area contributed by atoms with Gasteiger partial charge in [0.1, 0.15) is 17.6 Å². The van der Waals surface area contributed by atoms with Crippen LogP contribution in [0.2, 0.25) is 0 Å². The van der Waals surface area contributed by atoms with E-state index >= 15 is 0 Å². The van der Waals surface area contributed by atoms with Gasteiger partial charge in [0.15, 0.2) is 0 Å². The lowest BCUT2D eigenvalue weighted by Crippen LogP contribution is -2.27. The first-order chi connectivity index (χ1) is 14.7. The smallest absolute Gasteiger partial charge is 0.420 e. The summed E-state index contributed by atoms with van der Waals surface area (Å²) in [5, 5.41) is 0. The largest absolute Gasteiger partial charge is 0.465 e. The molecular formula is C22H23N3O6. The Bertz CT molecular complexity index is 1130. The van der Waals surface area contributed by atoms with Gasteiger partial charge in [-0.1, -0.05) is 6.08 Å². The maximum absolute atomic E-state index is 12.5. The number of methoxy groups -OCH3 is 2. The van der Waals surface area contributed by atoms with E-state index in [0.717, 1.165) is 0 Å². The number of carbonyl (C=O) groups is 3. The van der Waals surface area contributed by atoms with Crippen LogP contribution in [-0.4, -0.2) is 47.4 Å². The first-order valence-electron chi connectivity index (χ1n) is 9.41. The summed E-state index contributed by atoms with van der Waals surface area (Å²) in [6.07, 6.45) is 7.20. The van der Waals surface area contributed by atoms with E-state index in [2.05, 4.69) is 4.98 Å². The van der Waals surface area contributed by atoms with Crippen molar-refractivity contribution >= 4 is 34.8 Å². The maximum atomic E-state index is 12.5. The molecule has 0 spiro atoms. The molecule has 0 amide bonds. The van der Waals surface area contributed by atoms with Gasteiger partial charge in [0, 0.05) is 11.9 Å². The molecule has 0 bridgehead atoms. The summed E-state index contributed by atoms with van der Waals surface area (Å²) in [6.45, 7) is 5.34. The first kappa shape index (κ1) is 21.8. The van der Waals surface area contributed by atoms with E-state index in [1.54, 1.807) is 57.3 Å². The van der Waals surface area contributed by atoms with Crippen molar-refractivity contribution in [3.05, 3.63) is 60.2 Å². The van der Waals surface area contributed by atoms with Gasteiger partial charge in [0.05, 0.1) is 30.8 Å². The van der Waals surface area contributed by atoms with Crippen LogP contribution < -0.4 is 4.90 Å². The van der Waals surface area contributed by atoms with E-state index in [4.69, 9.17) is 14.2 Å². The second-order valence-corrected chi connectivity index (χ2v) is 7.58. The van der Waals surface area contributed by atoms with E-state index in [0.29, 0.717) is 16.7 Å². The summed E-state index contributed by atoms with van der Waals surface area (Å²) in [5.41, 5.74) is 0.944. The molecule has 0 fully saturated rings. The van der Waals surface area contributed by atoms with Crippen molar-refractivity contribution in [2.24, 2.45) is 0 Å². The van der Waals surface area contributed by atoms with Crippen LogP contribution in [0.4, 0.5) is 10.5 Å². The Hall–Kier alpha value is -3.88. The van der Waals surface area contributed by atoms with Crippen LogP contribution in [0.15, 0.2) is 60.2 Å². The molecule has 0 atom stereocenters. The number of allylic oxidation sites excluding steroid dienone is 2. The minimum atomic E-state index is -0.712. The molecule has 3 rings (SSSR count). The van der Waals surface area contributed by atoms with Gasteiger partial charge in [-0.05, 0) is 51.1 Å². The molecule has 0 aliphatic carbocycles. The molecule has 0 unspecified atom stereocenters. The third-order valence-electron chi connectivity index (χ3n) is 4.29.